The fourth-order valence-corrected chi connectivity index (χ4v) is 5.99. The number of carbonyl (C=O) groups is 2. The number of rotatable bonds is 13. The number of hydrogen-bond donors (Lipinski definition) is 2. The maximum atomic E-state index is 14.5. The molecule has 60 heavy (non-hydrogen) atoms. The summed E-state index contributed by atoms with van der Waals surface area (Å²) in [6, 6.07) is 11.7. The molecule has 16 nitrogen and oxygen atoms in total. The van der Waals surface area contributed by atoms with Gasteiger partial charge in [0.25, 0.3) is 0 Å². The zero-order valence-electron chi connectivity index (χ0n) is 32.3. The van der Waals surface area contributed by atoms with Crippen LogP contribution in [-0.2, 0) is 33.4 Å². The van der Waals surface area contributed by atoms with Crippen molar-refractivity contribution in [3.63, 3.8) is 0 Å². The summed E-state index contributed by atoms with van der Waals surface area (Å²) in [7, 11) is 5.73. The van der Waals surface area contributed by atoms with E-state index in [4.69, 9.17) is 20.6 Å². The van der Waals surface area contributed by atoms with E-state index in [0.29, 0.717) is 11.4 Å². The number of benzene rings is 1. The van der Waals surface area contributed by atoms with Crippen LogP contribution in [0, 0.1) is 28.7 Å². The van der Waals surface area contributed by atoms with Crippen molar-refractivity contribution in [2.75, 3.05) is 20.0 Å². The number of carbonyl (C=O) groups excluding carboxylic acids is 2. The van der Waals surface area contributed by atoms with E-state index in [9.17, 15) is 27.2 Å². The maximum absolute atomic E-state index is 14.5. The minimum Gasteiger partial charge on any atom is -0.467 e. The molecule has 0 aliphatic heterocycles. The Balaban J connectivity index is 0.000000209. The number of aryl methyl sites for hydroxylation is 2. The SMILES string of the molecule is COc1ncc(F)c(-c2cnn(C)c2C(=O)Cc2cc(CC(=N)c3ccccc3)ncc2F)n1.COc1ncc(F)c(-c2cnn(C)c2C(=O)Cc2cc(N)ncc2F)n1. The predicted octanol–water partition coefficient (Wildman–Crippen LogP) is 5.16. The second-order valence-electron chi connectivity index (χ2n) is 12.9. The largest absolute Gasteiger partial charge is 0.467 e. The molecule has 0 radical (unpaired) electrons. The van der Waals surface area contributed by atoms with Crippen LogP contribution >= 0.6 is 0 Å². The Morgan fingerprint density at radius 3 is 1.62 bits per heavy atom. The van der Waals surface area contributed by atoms with Gasteiger partial charge in [0.15, 0.2) is 23.2 Å². The van der Waals surface area contributed by atoms with Crippen molar-refractivity contribution in [2.24, 2.45) is 14.1 Å². The highest BCUT2D eigenvalue weighted by molar-refractivity contribution is 6.02. The van der Waals surface area contributed by atoms with Gasteiger partial charge in [0.2, 0.25) is 0 Å². The van der Waals surface area contributed by atoms with Gasteiger partial charge in [-0.3, -0.25) is 23.9 Å². The van der Waals surface area contributed by atoms with E-state index in [1.807, 2.05) is 30.3 Å². The number of halogens is 4. The summed E-state index contributed by atoms with van der Waals surface area (Å²) in [4.78, 5) is 48.9. The molecule has 306 valence electrons. The predicted molar refractivity (Wildman–Crippen MR) is 207 cm³/mol. The topological polar surface area (TPSA) is 215 Å². The standard InChI is InChI=1S/C24H20F2N6O2.C16H14F2N6O2/c1-32-23(17(11-30-32)22-19(26)13-29-24(31-22)34-2)21(33)9-15-8-16(28-12-18(15)25)10-20(27)14-6-4-3-5-7-14;1-24-15(12(25)3-8-4-13(19)20-6-10(8)17)9(5-22-24)14-11(18)7-21-16(23-14)26-2/h3-8,11-13,27H,9-10H2,1-2H3;4-7H,3H2,1-2H3,(H2,19,20). The number of ether oxygens (including phenoxy) is 2. The Hall–Kier alpha value is -7.77. The number of hydrogen-bond acceptors (Lipinski definition) is 14. The number of nitrogen functional groups attached to an aromatic ring is 1. The van der Waals surface area contributed by atoms with E-state index < -0.39 is 34.8 Å². The second kappa shape index (κ2) is 18.2. The molecule has 3 N–H and O–H groups in total. The normalized spacial score (nSPS) is 10.8. The highest BCUT2D eigenvalue weighted by Crippen LogP contribution is 2.28. The molecule has 0 atom stereocenters. The van der Waals surface area contributed by atoms with Gasteiger partial charge in [0, 0.05) is 50.3 Å². The Kier molecular flexibility index (Phi) is 12.7. The molecule has 20 heteroatoms. The Morgan fingerprint density at radius 2 is 1.12 bits per heavy atom. The first-order chi connectivity index (χ1) is 28.8. The van der Waals surface area contributed by atoms with Gasteiger partial charge in [0.05, 0.1) is 62.5 Å². The first-order valence-corrected chi connectivity index (χ1v) is 17.7. The molecule has 6 heterocycles. The third-order valence-corrected chi connectivity index (χ3v) is 8.85. The molecule has 0 bridgehead atoms. The first kappa shape index (κ1) is 41.9. The van der Waals surface area contributed by atoms with E-state index in [0.717, 1.165) is 30.4 Å². The van der Waals surface area contributed by atoms with Gasteiger partial charge in [0.1, 0.15) is 40.2 Å². The molecule has 0 aliphatic rings. The van der Waals surface area contributed by atoms with E-state index in [1.54, 1.807) is 0 Å². The smallest absolute Gasteiger partial charge is 0.316 e. The molecule has 7 aromatic rings. The number of ketones is 2. The van der Waals surface area contributed by atoms with Crippen molar-refractivity contribution < 1.29 is 36.6 Å². The average Bonchev–Trinajstić information content (AvgIpc) is 3.83. The highest BCUT2D eigenvalue weighted by atomic mass is 19.1. The van der Waals surface area contributed by atoms with Crippen LogP contribution < -0.4 is 15.2 Å². The number of nitrogens with zero attached hydrogens (tertiary/aromatic N) is 10. The Bertz CT molecular complexity index is 2730. The van der Waals surface area contributed by atoms with Crippen molar-refractivity contribution in [1.82, 2.24) is 49.5 Å². The summed E-state index contributed by atoms with van der Waals surface area (Å²) in [6.07, 6.45) is 6.04. The monoisotopic (exact) mass is 822 g/mol. The van der Waals surface area contributed by atoms with Crippen LogP contribution in [0.4, 0.5) is 23.4 Å². The molecule has 0 amide bonds. The van der Waals surface area contributed by atoms with Gasteiger partial charge in [-0.15, -0.1) is 0 Å². The summed E-state index contributed by atoms with van der Waals surface area (Å²) in [5.74, 6) is -3.69. The van der Waals surface area contributed by atoms with Gasteiger partial charge in [-0.05, 0) is 23.3 Å². The van der Waals surface area contributed by atoms with Crippen LogP contribution in [-0.4, -0.2) is 81.0 Å². The molecule has 7 rings (SSSR count). The number of nitrogens with one attached hydrogen (secondary N) is 1. The van der Waals surface area contributed by atoms with Crippen LogP contribution in [0.25, 0.3) is 22.5 Å². The lowest BCUT2D eigenvalue weighted by atomic mass is 10.0. The zero-order valence-corrected chi connectivity index (χ0v) is 32.3. The molecule has 0 fully saturated rings. The lowest BCUT2D eigenvalue weighted by Gasteiger charge is -2.09. The molecule has 6 aromatic heterocycles. The number of anilines is 1. The summed E-state index contributed by atoms with van der Waals surface area (Å²) in [5, 5.41) is 16.3. The number of nitrogens with two attached hydrogens (primary N) is 1. The molecule has 0 spiro atoms. The highest BCUT2D eigenvalue weighted by Gasteiger charge is 2.25. The van der Waals surface area contributed by atoms with Gasteiger partial charge in [-0.1, -0.05) is 30.3 Å². The van der Waals surface area contributed by atoms with Crippen molar-refractivity contribution in [3.8, 4) is 34.5 Å². The lowest BCUT2D eigenvalue weighted by molar-refractivity contribution is 0.0975. The number of pyridine rings is 2. The molecule has 1 aromatic carbocycles. The Morgan fingerprint density at radius 1 is 0.650 bits per heavy atom. The van der Waals surface area contributed by atoms with Crippen LogP contribution in [0.3, 0.4) is 0 Å². The Labute approximate surface area is 338 Å². The summed E-state index contributed by atoms with van der Waals surface area (Å²) in [6.45, 7) is 0. The molecular weight excluding hydrogens is 789 g/mol. The zero-order chi connectivity index (χ0) is 43.1. The lowest BCUT2D eigenvalue weighted by Crippen LogP contribution is -2.13. The second-order valence-corrected chi connectivity index (χ2v) is 12.9. The first-order valence-electron chi connectivity index (χ1n) is 17.7. The van der Waals surface area contributed by atoms with E-state index in [2.05, 4.69) is 40.1 Å². The summed E-state index contributed by atoms with van der Waals surface area (Å²) in [5.41, 5.74) is 7.38. The van der Waals surface area contributed by atoms with E-state index >= 15 is 0 Å². The van der Waals surface area contributed by atoms with Crippen molar-refractivity contribution in [1.29, 1.82) is 5.41 Å². The third-order valence-electron chi connectivity index (χ3n) is 8.85. The molecule has 0 aliphatic carbocycles. The van der Waals surface area contributed by atoms with Gasteiger partial charge in [-0.25, -0.2) is 32.5 Å². The summed E-state index contributed by atoms with van der Waals surface area (Å²) < 4.78 is 69.4. The molecule has 0 saturated heterocycles. The number of Topliss-reactive ketones (excluding diaryl/α,β-unsaturated/α-hetero) is 2. The van der Waals surface area contributed by atoms with E-state index in [1.165, 1.54) is 62.2 Å². The number of aromatic nitrogens is 10. The summed E-state index contributed by atoms with van der Waals surface area (Å²) >= 11 is 0. The van der Waals surface area contributed by atoms with Gasteiger partial charge in [-0.2, -0.15) is 20.2 Å². The van der Waals surface area contributed by atoms with Crippen molar-refractivity contribution in [2.45, 2.75) is 19.3 Å². The van der Waals surface area contributed by atoms with Crippen LogP contribution in [0.15, 0.2) is 79.6 Å². The molecule has 0 saturated carbocycles. The maximum Gasteiger partial charge on any atom is 0.316 e. The van der Waals surface area contributed by atoms with Crippen molar-refractivity contribution in [3.05, 3.63) is 137 Å². The van der Waals surface area contributed by atoms with Crippen molar-refractivity contribution >= 4 is 23.1 Å². The minimum atomic E-state index is -0.750. The molecular formula is C40H34F4N12O4. The van der Waals surface area contributed by atoms with Crippen LogP contribution in [0.2, 0.25) is 0 Å². The average molecular weight is 823 g/mol. The van der Waals surface area contributed by atoms with Gasteiger partial charge < -0.3 is 20.6 Å². The third kappa shape index (κ3) is 9.33. The van der Waals surface area contributed by atoms with Crippen LogP contribution in [0.5, 0.6) is 12.0 Å². The number of methoxy groups -OCH3 is 2. The van der Waals surface area contributed by atoms with Gasteiger partial charge >= 0.3 is 12.0 Å². The fourth-order valence-electron chi connectivity index (χ4n) is 5.99. The quantitative estimate of drug-likeness (QED) is 0.0874. The molecule has 0 unspecified atom stereocenters. The van der Waals surface area contributed by atoms with E-state index in [-0.39, 0.29) is 82.1 Å². The minimum absolute atomic E-state index is 0.0587. The fraction of sp³-hybridized carbons (Fsp3) is 0.175. The van der Waals surface area contributed by atoms with Crippen LogP contribution in [0.1, 0.15) is 43.4 Å².